The molecule has 5 aromatic rings. The van der Waals surface area contributed by atoms with Crippen molar-refractivity contribution in [1.82, 2.24) is 39.0 Å². The van der Waals surface area contributed by atoms with Gasteiger partial charge in [-0.2, -0.15) is 15.5 Å². The van der Waals surface area contributed by atoms with E-state index in [1.165, 1.54) is 10.9 Å². The zero-order valence-corrected chi connectivity index (χ0v) is 38.0. The number of H-pyrrole nitrogens is 1. The highest BCUT2D eigenvalue weighted by Gasteiger charge is 2.55. The Morgan fingerprint density at radius 2 is 1.58 bits per heavy atom. The lowest BCUT2D eigenvalue weighted by Gasteiger charge is -2.30. The van der Waals surface area contributed by atoms with Crippen molar-refractivity contribution in [3.8, 4) is 12.1 Å². The number of nitrogens with zero attached hydrogens (tertiary/aromatic N) is 9. The van der Waals surface area contributed by atoms with Crippen LogP contribution in [0.2, 0.25) is 0 Å². The van der Waals surface area contributed by atoms with Gasteiger partial charge >= 0.3 is 6.72 Å². The van der Waals surface area contributed by atoms with Gasteiger partial charge in [-0.05, 0) is 35.7 Å². The minimum absolute atomic E-state index is 0.0161. The molecule has 0 spiro atoms. The predicted molar refractivity (Wildman–Crippen MR) is 234 cm³/mol. The molecule has 10 atom stereocenters. The van der Waals surface area contributed by atoms with E-state index in [9.17, 15) is 29.6 Å². The Morgan fingerprint density at radius 1 is 0.924 bits per heavy atom. The first-order valence-electron chi connectivity index (χ1n) is 19.9. The van der Waals surface area contributed by atoms with Crippen molar-refractivity contribution < 1.29 is 55.9 Å². The largest absolute Gasteiger partial charge is 0.394 e. The molecule has 2 saturated heterocycles. The summed E-state index contributed by atoms with van der Waals surface area (Å²) in [7, 11) is 0. The number of benzene rings is 1. The number of ether oxygens (including phenoxy) is 2. The number of carbonyl (C=O) groups excluding carboxylic acids is 2. The maximum absolute atomic E-state index is 16.9. The molecule has 350 valence electrons. The van der Waals surface area contributed by atoms with Crippen LogP contribution in [0.1, 0.15) is 49.5 Å². The van der Waals surface area contributed by atoms with Crippen LogP contribution in [0.3, 0.4) is 0 Å². The highest BCUT2D eigenvalue weighted by molar-refractivity contribution is 8.09. The van der Waals surface area contributed by atoms with Gasteiger partial charge in [0.05, 0.1) is 75.8 Å². The molecule has 5 N–H and O–H groups in total. The molecule has 0 radical (unpaired) electrons. The van der Waals surface area contributed by atoms with Crippen molar-refractivity contribution in [3.63, 3.8) is 0 Å². The maximum atomic E-state index is 16.9. The smallest absolute Gasteiger partial charge is 0.327 e. The molecule has 2 fully saturated rings. The Bertz CT molecular complexity index is 2830. The van der Waals surface area contributed by atoms with Gasteiger partial charge in [-0.3, -0.25) is 38.3 Å². The van der Waals surface area contributed by atoms with E-state index in [-0.39, 0.29) is 60.1 Å². The lowest BCUT2D eigenvalue weighted by atomic mass is 10.1. The van der Waals surface area contributed by atoms with E-state index >= 15 is 8.78 Å². The normalized spacial score (nSPS) is 24.7. The van der Waals surface area contributed by atoms with Gasteiger partial charge in [-0.1, -0.05) is 32.0 Å². The van der Waals surface area contributed by atoms with Crippen LogP contribution in [0, 0.1) is 28.6 Å². The molecular formula is C37H40F2N12O11P2S2. The van der Waals surface area contributed by atoms with Crippen molar-refractivity contribution >= 4 is 82.7 Å². The van der Waals surface area contributed by atoms with Crippen LogP contribution in [0.25, 0.3) is 22.3 Å². The van der Waals surface area contributed by atoms with Crippen molar-refractivity contribution in [2.24, 2.45) is 5.92 Å². The summed E-state index contributed by atoms with van der Waals surface area (Å²) in [5.74, 6) is -1.73. The molecular weight excluding hydrogens is 953 g/mol. The number of aromatic amines is 1. The highest BCUT2D eigenvalue weighted by Crippen LogP contribution is 2.59. The van der Waals surface area contributed by atoms with Crippen LogP contribution < -0.4 is 16.2 Å². The summed E-state index contributed by atoms with van der Waals surface area (Å²) >= 11 is 11.1. The standard InChI is InChI=1S/C37H40F2N12O11P2S2/c1-19(2)32(53)48-37-47-31-26(34(55)49-37)45-18-51(31)36-24(39)28(63(56,65)57-12-6-10-40)22(61-36)15-59-64(66,58-13-7-11-41)62-27-21(14-52)60-35(23(27)38)50-17-44-25-29(42-16-43-30(25)50)46-33(54)20-8-4-3-5-9-20/h3-5,8-9,16-19,21-24,27-28,35-36,52H,6-7,12-15H2,1-2H3,(H,56,65)(H,42,43,46,54)(H2,47,48,49,53,55)/t21?,22?,23-,24-,27-,28-,35?,36?,63?,64?/m1/s1. The fourth-order valence-corrected chi connectivity index (χ4v) is 11.6. The summed E-state index contributed by atoms with van der Waals surface area (Å²) in [5, 5.41) is 33.9. The number of hydrogen-bond acceptors (Lipinski definition) is 19. The molecule has 2 amide bonds. The van der Waals surface area contributed by atoms with Crippen LogP contribution in [-0.2, 0) is 56.0 Å². The van der Waals surface area contributed by atoms with Gasteiger partial charge in [0, 0.05) is 11.5 Å². The van der Waals surface area contributed by atoms with E-state index in [0.717, 1.165) is 17.2 Å². The number of halogens is 2. The average molecular weight is 993 g/mol. The van der Waals surface area contributed by atoms with Crippen molar-refractivity contribution in [2.45, 2.75) is 75.5 Å². The van der Waals surface area contributed by atoms with E-state index in [1.807, 2.05) is 12.1 Å². The summed E-state index contributed by atoms with van der Waals surface area (Å²) in [5.41, 5.74) is -2.51. The molecule has 4 aromatic heterocycles. The number of fused-ring (bicyclic) bond motifs is 2. The topological polar surface area (TPSA) is 309 Å². The number of aliphatic hydroxyl groups excluding tert-OH is 1. The molecule has 7 rings (SSSR count). The van der Waals surface area contributed by atoms with E-state index in [2.05, 4.69) is 40.5 Å². The SMILES string of the molecule is CC(C)C(=O)Nc1nc2c(ncn2C2OC(COP(=S)(OCCC#N)O[C@@H]3C(CO)OC(n4cnc5c(NC(=O)c6ccccc6)ncnc54)[C@@H]3F)[C@@H](P(O)(=S)OCCC#N)[C@H]2F)c(=O)[nH]1. The van der Waals surface area contributed by atoms with Gasteiger partial charge in [-0.25, -0.2) is 28.7 Å². The number of amides is 2. The van der Waals surface area contributed by atoms with Crippen LogP contribution >= 0.6 is 13.2 Å². The van der Waals surface area contributed by atoms with Crippen molar-refractivity contribution in [2.75, 3.05) is 37.1 Å². The molecule has 6 heterocycles. The molecule has 23 nitrogen and oxygen atoms in total. The third-order valence-corrected chi connectivity index (χ3v) is 15.4. The van der Waals surface area contributed by atoms with E-state index in [0.29, 0.717) is 5.56 Å². The number of aliphatic hydroxyl groups is 1. The lowest BCUT2D eigenvalue weighted by molar-refractivity contribution is -0.118. The monoisotopic (exact) mass is 992 g/mol. The molecule has 0 bridgehead atoms. The number of imidazole rings is 2. The van der Waals surface area contributed by atoms with Gasteiger partial charge in [0.1, 0.15) is 18.5 Å². The van der Waals surface area contributed by atoms with Crippen LogP contribution in [0.5, 0.6) is 0 Å². The van der Waals surface area contributed by atoms with Crippen molar-refractivity contribution in [1.29, 1.82) is 10.5 Å². The minimum atomic E-state index is -4.28. The number of alkyl halides is 2. The third kappa shape index (κ3) is 10.4. The number of carbonyl (C=O) groups is 2. The molecule has 2 aliphatic rings. The first-order valence-corrected chi connectivity index (χ1v) is 25.2. The Hall–Kier alpha value is -5.12. The molecule has 0 aliphatic carbocycles. The highest BCUT2D eigenvalue weighted by atomic mass is 32.5. The molecule has 1 aromatic carbocycles. The Morgan fingerprint density at radius 3 is 2.26 bits per heavy atom. The average Bonchev–Trinajstić information content (AvgIpc) is 4.07. The first kappa shape index (κ1) is 48.8. The van der Waals surface area contributed by atoms with Gasteiger partial charge in [0.15, 0.2) is 59.4 Å². The van der Waals surface area contributed by atoms with Crippen LogP contribution in [0.4, 0.5) is 20.5 Å². The van der Waals surface area contributed by atoms with E-state index in [1.54, 1.807) is 44.2 Å². The van der Waals surface area contributed by atoms with Gasteiger partial charge in [0.25, 0.3) is 11.5 Å². The number of rotatable bonds is 19. The minimum Gasteiger partial charge on any atom is -0.394 e. The fourth-order valence-electron chi connectivity index (χ4n) is 6.90. The predicted octanol–water partition coefficient (Wildman–Crippen LogP) is 3.43. The quantitative estimate of drug-likeness (QED) is 0.0584. The number of hydrogen-bond donors (Lipinski definition) is 5. The summed E-state index contributed by atoms with van der Waals surface area (Å²) in [4.78, 5) is 73.1. The number of aromatic nitrogens is 8. The number of nitrogens with one attached hydrogen (secondary N) is 3. The second-order valence-corrected chi connectivity index (χ2v) is 21.3. The third-order valence-electron chi connectivity index (χ3n) is 10.1. The van der Waals surface area contributed by atoms with Crippen LogP contribution in [-0.4, -0.2) is 124 Å². The second-order valence-electron chi connectivity index (χ2n) is 14.8. The zero-order chi connectivity index (χ0) is 47.3. The molecule has 2 aliphatic heterocycles. The zero-order valence-electron chi connectivity index (χ0n) is 34.6. The first-order chi connectivity index (χ1) is 31.6. The summed E-state index contributed by atoms with van der Waals surface area (Å²) in [6.07, 6.45) is -9.41. The Labute approximate surface area is 382 Å². The lowest BCUT2D eigenvalue weighted by Crippen LogP contribution is -2.35. The van der Waals surface area contributed by atoms with Gasteiger partial charge < -0.3 is 38.4 Å². The number of nitriles is 2. The van der Waals surface area contributed by atoms with E-state index in [4.69, 9.17) is 56.4 Å². The Kier molecular flexibility index (Phi) is 15.4. The summed E-state index contributed by atoms with van der Waals surface area (Å²) < 4.78 is 71.2. The van der Waals surface area contributed by atoms with Crippen LogP contribution in [0.15, 0.2) is 54.1 Å². The molecule has 29 heteroatoms. The maximum Gasteiger partial charge on any atom is 0.327 e. The molecule has 6 unspecified atom stereocenters. The molecule has 66 heavy (non-hydrogen) atoms. The van der Waals surface area contributed by atoms with Gasteiger partial charge in [0.2, 0.25) is 11.9 Å². The Balaban J connectivity index is 1.15. The fraction of sp³-hybridized carbons (Fsp3) is 0.459. The molecule has 0 saturated carbocycles. The van der Waals surface area contributed by atoms with Crippen molar-refractivity contribution in [3.05, 3.63) is 65.2 Å². The number of anilines is 2. The summed E-state index contributed by atoms with van der Waals surface area (Å²) in [6.45, 7) is -7.64. The summed E-state index contributed by atoms with van der Waals surface area (Å²) in [6, 6.07) is 12.0. The van der Waals surface area contributed by atoms with Gasteiger partial charge in [-0.15, -0.1) is 0 Å². The second kappa shape index (κ2) is 20.8. The van der Waals surface area contributed by atoms with E-state index < -0.39 is 98.5 Å².